The lowest BCUT2D eigenvalue weighted by atomic mass is 9.87. The van der Waals surface area contributed by atoms with E-state index in [1.165, 1.54) is 11.1 Å². The molecule has 3 aromatic rings. The van der Waals surface area contributed by atoms with Gasteiger partial charge in [-0.3, -0.25) is 4.79 Å². The molecule has 0 spiro atoms. The van der Waals surface area contributed by atoms with Crippen LogP contribution >= 0.6 is 0 Å². The number of hydrogen-bond acceptors (Lipinski definition) is 4. The van der Waals surface area contributed by atoms with Gasteiger partial charge in [-0.1, -0.05) is 24.3 Å². The Hall–Kier alpha value is -3.28. The monoisotopic (exact) mass is 392 g/mol. The van der Waals surface area contributed by atoms with Gasteiger partial charge in [-0.15, -0.1) is 0 Å². The molecule has 1 amide bonds. The minimum absolute atomic E-state index is 0.0201. The number of methoxy groups -OCH3 is 1. The molecule has 1 aromatic heterocycles. The Bertz CT molecular complexity index is 1060. The SMILES string of the molecule is COc1ccc2cc(C(=O)OCC(=O)N(C)C3CCCc4ccccc43)[nH]c2c1. The molecule has 1 aliphatic rings. The van der Waals surface area contributed by atoms with Gasteiger partial charge < -0.3 is 19.4 Å². The molecule has 1 heterocycles. The van der Waals surface area contributed by atoms with Crippen molar-refractivity contribution in [1.29, 1.82) is 0 Å². The fraction of sp³-hybridized carbons (Fsp3) is 0.304. The van der Waals surface area contributed by atoms with Crippen LogP contribution < -0.4 is 4.74 Å². The fourth-order valence-electron chi connectivity index (χ4n) is 3.95. The molecule has 0 fully saturated rings. The zero-order valence-electron chi connectivity index (χ0n) is 16.6. The maximum Gasteiger partial charge on any atom is 0.355 e. The Labute approximate surface area is 169 Å². The van der Waals surface area contributed by atoms with E-state index in [1.54, 1.807) is 25.1 Å². The van der Waals surface area contributed by atoms with E-state index in [2.05, 4.69) is 17.1 Å². The number of amides is 1. The number of ether oxygens (including phenoxy) is 2. The molecule has 0 aliphatic heterocycles. The fourth-order valence-corrected chi connectivity index (χ4v) is 3.95. The highest BCUT2D eigenvalue weighted by Crippen LogP contribution is 2.33. The third kappa shape index (κ3) is 3.83. The Morgan fingerprint density at radius 2 is 2.00 bits per heavy atom. The first-order chi connectivity index (χ1) is 14.1. The summed E-state index contributed by atoms with van der Waals surface area (Å²) in [6.07, 6.45) is 2.99. The maximum atomic E-state index is 12.7. The number of fused-ring (bicyclic) bond motifs is 2. The standard InChI is InChI=1S/C23H24N2O4/c1-25(21-9-5-7-15-6-3-4-8-18(15)21)22(26)14-29-23(27)20-12-16-10-11-17(28-2)13-19(16)24-20/h3-4,6,8,10-13,21,24H,5,7,9,14H2,1-2H3. The first-order valence-corrected chi connectivity index (χ1v) is 9.74. The van der Waals surface area contributed by atoms with Crippen molar-refractivity contribution in [2.45, 2.75) is 25.3 Å². The van der Waals surface area contributed by atoms with E-state index in [0.29, 0.717) is 11.4 Å². The molecule has 0 saturated carbocycles. The molecule has 1 atom stereocenters. The predicted molar refractivity (Wildman–Crippen MR) is 110 cm³/mol. The Kier molecular flexibility index (Phi) is 5.25. The van der Waals surface area contributed by atoms with Crippen molar-refractivity contribution in [3.63, 3.8) is 0 Å². The zero-order chi connectivity index (χ0) is 20.4. The van der Waals surface area contributed by atoms with Crippen molar-refractivity contribution in [2.75, 3.05) is 20.8 Å². The number of carbonyl (C=O) groups is 2. The van der Waals surface area contributed by atoms with Crippen LogP contribution in [0.4, 0.5) is 0 Å². The quantitative estimate of drug-likeness (QED) is 0.669. The molecular formula is C23H24N2O4. The highest BCUT2D eigenvalue weighted by atomic mass is 16.5. The number of esters is 1. The Morgan fingerprint density at radius 3 is 2.83 bits per heavy atom. The molecule has 29 heavy (non-hydrogen) atoms. The number of hydrogen-bond donors (Lipinski definition) is 1. The van der Waals surface area contributed by atoms with E-state index in [4.69, 9.17) is 9.47 Å². The van der Waals surface area contributed by atoms with Crippen molar-refractivity contribution < 1.29 is 19.1 Å². The number of likely N-dealkylation sites (N-methyl/N-ethyl adjacent to an activating group) is 1. The Balaban J connectivity index is 1.41. The van der Waals surface area contributed by atoms with Crippen LogP contribution in [0.1, 0.15) is 40.5 Å². The van der Waals surface area contributed by atoms with Crippen LogP contribution in [0.5, 0.6) is 5.75 Å². The number of rotatable bonds is 5. The number of benzene rings is 2. The second kappa shape index (κ2) is 7.99. The highest BCUT2D eigenvalue weighted by molar-refractivity contribution is 5.96. The molecule has 0 saturated heterocycles. The van der Waals surface area contributed by atoms with Gasteiger partial charge in [0.15, 0.2) is 6.61 Å². The largest absolute Gasteiger partial charge is 0.497 e. The minimum Gasteiger partial charge on any atom is -0.497 e. The molecule has 1 aliphatic carbocycles. The smallest absolute Gasteiger partial charge is 0.355 e. The number of carbonyl (C=O) groups excluding carboxylic acids is 2. The number of H-pyrrole nitrogens is 1. The van der Waals surface area contributed by atoms with E-state index in [1.807, 2.05) is 30.3 Å². The van der Waals surface area contributed by atoms with Crippen LogP contribution in [0, 0.1) is 0 Å². The van der Waals surface area contributed by atoms with Gasteiger partial charge in [-0.05, 0) is 48.6 Å². The summed E-state index contributed by atoms with van der Waals surface area (Å²) in [5, 5.41) is 0.875. The van der Waals surface area contributed by atoms with Gasteiger partial charge in [0.2, 0.25) is 0 Å². The second-order valence-corrected chi connectivity index (χ2v) is 7.32. The summed E-state index contributed by atoms with van der Waals surface area (Å²) in [7, 11) is 3.37. The van der Waals surface area contributed by atoms with Crippen molar-refractivity contribution >= 4 is 22.8 Å². The minimum atomic E-state index is -0.550. The maximum absolute atomic E-state index is 12.7. The van der Waals surface area contributed by atoms with Gasteiger partial charge in [-0.25, -0.2) is 4.79 Å². The van der Waals surface area contributed by atoms with E-state index < -0.39 is 5.97 Å². The van der Waals surface area contributed by atoms with Crippen molar-refractivity contribution in [1.82, 2.24) is 9.88 Å². The summed E-state index contributed by atoms with van der Waals surface area (Å²) in [5.74, 6) is -0.0624. The third-order valence-electron chi connectivity index (χ3n) is 5.57. The van der Waals surface area contributed by atoms with Crippen LogP contribution in [0.15, 0.2) is 48.5 Å². The number of aromatic nitrogens is 1. The van der Waals surface area contributed by atoms with Gasteiger partial charge >= 0.3 is 5.97 Å². The predicted octanol–water partition coefficient (Wildman–Crippen LogP) is 3.87. The van der Waals surface area contributed by atoms with Crippen LogP contribution in [-0.4, -0.2) is 42.5 Å². The summed E-state index contributed by atoms with van der Waals surface area (Å²) in [4.78, 5) is 29.8. The lowest BCUT2D eigenvalue weighted by molar-refractivity contribution is -0.135. The summed E-state index contributed by atoms with van der Waals surface area (Å²) in [6, 6.07) is 15.5. The molecule has 150 valence electrons. The molecule has 2 aromatic carbocycles. The first-order valence-electron chi connectivity index (χ1n) is 9.74. The molecule has 4 rings (SSSR count). The molecule has 0 bridgehead atoms. The topological polar surface area (TPSA) is 71.6 Å². The van der Waals surface area contributed by atoms with Gasteiger partial charge in [0, 0.05) is 24.0 Å². The van der Waals surface area contributed by atoms with Gasteiger partial charge in [0.25, 0.3) is 5.91 Å². The average Bonchev–Trinajstić information content (AvgIpc) is 3.19. The number of nitrogens with one attached hydrogen (secondary N) is 1. The molecule has 1 unspecified atom stereocenters. The third-order valence-corrected chi connectivity index (χ3v) is 5.57. The van der Waals surface area contributed by atoms with Crippen LogP contribution in [-0.2, 0) is 16.0 Å². The van der Waals surface area contributed by atoms with Crippen molar-refractivity contribution in [3.05, 3.63) is 65.4 Å². The number of aryl methyl sites for hydroxylation is 1. The average molecular weight is 392 g/mol. The summed E-state index contributed by atoms with van der Waals surface area (Å²) < 4.78 is 10.5. The van der Waals surface area contributed by atoms with Crippen LogP contribution in [0.2, 0.25) is 0 Å². The zero-order valence-corrected chi connectivity index (χ0v) is 16.6. The normalized spacial score (nSPS) is 15.6. The van der Waals surface area contributed by atoms with E-state index in [9.17, 15) is 9.59 Å². The lowest BCUT2D eigenvalue weighted by Gasteiger charge is -2.33. The first kappa shape index (κ1) is 19.1. The number of aromatic amines is 1. The second-order valence-electron chi connectivity index (χ2n) is 7.32. The van der Waals surface area contributed by atoms with Gasteiger partial charge in [-0.2, -0.15) is 0 Å². The molecular weight excluding hydrogens is 368 g/mol. The van der Waals surface area contributed by atoms with Crippen molar-refractivity contribution in [2.24, 2.45) is 0 Å². The summed E-state index contributed by atoms with van der Waals surface area (Å²) >= 11 is 0. The van der Waals surface area contributed by atoms with Gasteiger partial charge in [0.1, 0.15) is 11.4 Å². The van der Waals surface area contributed by atoms with Gasteiger partial charge in [0.05, 0.1) is 13.2 Å². The number of nitrogens with zero attached hydrogens (tertiary/aromatic N) is 1. The van der Waals surface area contributed by atoms with Crippen LogP contribution in [0.25, 0.3) is 10.9 Å². The summed E-state index contributed by atoms with van der Waals surface area (Å²) in [6.45, 7) is -0.285. The molecule has 0 radical (unpaired) electrons. The Morgan fingerprint density at radius 1 is 1.17 bits per heavy atom. The van der Waals surface area contributed by atoms with Crippen LogP contribution in [0.3, 0.4) is 0 Å². The summed E-state index contributed by atoms with van der Waals surface area (Å²) in [5.41, 5.74) is 3.56. The van der Waals surface area contributed by atoms with E-state index in [0.717, 1.165) is 30.2 Å². The lowest BCUT2D eigenvalue weighted by Crippen LogP contribution is -2.36. The molecule has 6 heteroatoms. The molecule has 6 nitrogen and oxygen atoms in total. The van der Waals surface area contributed by atoms with E-state index >= 15 is 0 Å². The molecule has 1 N–H and O–H groups in total. The van der Waals surface area contributed by atoms with E-state index in [-0.39, 0.29) is 18.6 Å². The van der Waals surface area contributed by atoms with Crippen molar-refractivity contribution in [3.8, 4) is 5.75 Å². The highest BCUT2D eigenvalue weighted by Gasteiger charge is 2.27.